The number of rotatable bonds is 8. The molecular formula is C26H23N3O4. The molecule has 0 saturated carbocycles. The van der Waals surface area contributed by atoms with Crippen molar-refractivity contribution in [2.45, 2.75) is 25.9 Å². The van der Waals surface area contributed by atoms with Gasteiger partial charge in [0, 0.05) is 23.4 Å². The van der Waals surface area contributed by atoms with Gasteiger partial charge in [0.15, 0.2) is 6.61 Å². The van der Waals surface area contributed by atoms with E-state index in [1.807, 2.05) is 54.6 Å². The molecule has 2 amide bonds. The van der Waals surface area contributed by atoms with Crippen molar-refractivity contribution in [1.29, 1.82) is 5.26 Å². The fourth-order valence-electron chi connectivity index (χ4n) is 3.51. The third kappa shape index (κ3) is 5.89. The van der Waals surface area contributed by atoms with Gasteiger partial charge < -0.3 is 20.1 Å². The van der Waals surface area contributed by atoms with Crippen LogP contribution in [0, 0.1) is 11.3 Å². The van der Waals surface area contributed by atoms with Crippen LogP contribution in [0.1, 0.15) is 23.1 Å². The molecule has 166 valence electrons. The molecule has 1 aliphatic rings. The van der Waals surface area contributed by atoms with Crippen molar-refractivity contribution in [2.75, 3.05) is 17.2 Å². The molecule has 0 bridgehead atoms. The molecule has 0 radical (unpaired) electrons. The molecule has 0 aromatic heterocycles. The highest BCUT2D eigenvalue weighted by atomic mass is 16.5. The zero-order valence-corrected chi connectivity index (χ0v) is 18.0. The number of hydrogen-bond donors (Lipinski definition) is 2. The molecular weight excluding hydrogens is 418 g/mol. The normalized spacial score (nSPS) is 12.2. The van der Waals surface area contributed by atoms with Crippen molar-refractivity contribution < 1.29 is 19.1 Å². The second-order valence-corrected chi connectivity index (χ2v) is 7.63. The van der Waals surface area contributed by atoms with Gasteiger partial charge in [-0.05, 0) is 53.9 Å². The molecule has 0 unspecified atom stereocenters. The van der Waals surface area contributed by atoms with Crippen molar-refractivity contribution in [3.63, 3.8) is 0 Å². The number of hydrogen-bond acceptors (Lipinski definition) is 5. The maximum absolute atomic E-state index is 12.5. The molecule has 7 heteroatoms. The lowest BCUT2D eigenvalue weighted by molar-refractivity contribution is -0.118. The van der Waals surface area contributed by atoms with Crippen LogP contribution in [-0.2, 0) is 29.0 Å². The number of amides is 2. The Kier molecular flexibility index (Phi) is 6.86. The van der Waals surface area contributed by atoms with Gasteiger partial charge in [0.2, 0.25) is 5.91 Å². The molecule has 0 saturated heterocycles. The smallest absolute Gasteiger partial charge is 0.262 e. The zero-order chi connectivity index (χ0) is 23.0. The summed E-state index contributed by atoms with van der Waals surface area (Å²) >= 11 is 0. The van der Waals surface area contributed by atoms with Crippen LogP contribution in [0.4, 0.5) is 11.4 Å². The van der Waals surface area contributed by atoms with E-state index in [0.29, 0.717) is 36.4 Å². The Bertz CT molecular complexity index is 1200. The van der Waals surface area contributed by atoms with Crippen LogP contribution in [-0.4, -0.2) is 18.4 Å². The molecule has 0 aliphatic carbocycles. The van der Waals surface area contributed by atoms with Crippen LogP contribution in [0.25, 0.3) is 0 Å². The van der Waals surface area contributed by atoms with E-state index in [0.717, 1.165) is 22.4 Å². The predicted molar refractivity (Wildman–Crippen MR) is 124 cm³/mol. The summed E-state index contributed by atoms with van der Waals surface area (Å²) in [6, 6.07) is 22.3. The minimum absolute atomic E-state index is 0.00852. The Balaban J connectivity index is 1.32. The maximum Gasteiger partial charge on any atom is 0.262 e. The van der Waals surface area contributed by atoms with Gasteiger partial charge in [-0.2, -0.15) is 5.26 Å². The monoisotopic (exact) mass is 441 g/mol. The molecule has 1 aliphatic heterocycles. The van der Waals surface area contributed by atoms with Gasteiger partial charge in [-0.3, -0.25) is 9.59 Å². The summed E-state index contributed by atoms with van der Waals surface area (Å²) in [7, 11) is 0. The first-order valence-corrected chi connectivity index (χ1v) is 10.6. The highest BCUT2D eigenvalue weighted by molar-refractivity contribution is 5.94. The third-order valence-corrected chi connectivity index (χ3v) is 5.23. The van der Waals surface area contributed by atoms with Gasteiger partial charge in [0.05, 0.1) is 12.5 Å². The lowest BCUT2D eigenvalue weighted by Crippen LogP contribution is -2.22. The molecule has 4 rings (SSSR count). The van der Waals surface area contributed by atoms with E-state index >= 15 is 0 Å². The van der Waals surface area contributed by atoms with Crippen molar-refractivity contribution >= 4 is 23.2 Å². The molecule has 33 heavy (non-hydrogen) atoms. The molecule has 0 atom stereocenters. The Labute approximate surface area is 192 Å². The van der Waals surface area contributed by atoms with E-state index in [2.05, 4.69) is 16.7 Å². The maximum atomic E-state index is 12.5. The Morgan fingerprint density at radius 2 is 1.79 bits per heavy atom. The second-order valence-electron chi connectivity index (χ2n) is 7.63. The SMILES string of the molecule is N#CCc1ccc(OCc2ccccc2NC(=O)COc2ccc3c(c2)CCC(=O)N3)cc1. The molecule has 3 aromatic rings. The average molecular weight is 441 g/mol. The number of para-hydroxylation sites is 1. The largest absolute Gasteiger partial charge is 0.489 e. The van der Waals surface area contributed by atoms with E-state index in [4.69, 9.17) is 14.7 Å². The fraction of sp³-hybridized carbons (Fsp3) is 0.192. The number of fused-ring (bicyclic) bond motifs is 1. The number of aryl methyl sites for hydroxylation is 1. The first-order valence-electron chi connectivity index (χ1n) is 10.6. The lowest BCUT2D eigenvalue weighted by Gasteiger charge is -2.17. The highest BCUT2D eigenvalue weighted by Gasteiger charge is 2.15. The molecule has 1 heterocycles. The molecule has 0 fully saturated rings. The van der Waals surface area contributed by atoms with Crippen molar-refractivity contribution in [3.8, 4) is 17.6 Å². The average Bonchev–Trinajstić information content (AvgIpc) is 2.83. The van der Waals surface area contributed by atoms with E-state index in [-0.39, 0.29) is 25.0 Å². The minimum Gasteiger partial charge on any atom is -0.489 e. The van der Waals surface area contributed by atoms with Crippen LogP contribution in [0.5, 0.6) is 11.5 Å². The number of nitrogens with zero attached hydrogens (tertiary/aromatic N) is 1. The quantitative estimate of drug-likeness (QED) is 0.545. The molecule has 3 aromatic carbocycles. The summed E-state index contributed by atoms with van der Waals surface area (Å²) in [4.78, 5) is 24.0. The summed E-state index contributed by atoms with van der Waals surface area (Å²) in [5.74, 6) is 0.991. The first-order chi connectivity index (χ1) is 16.1. The van der Waals surface area contributed by atoms with Crippen LogP contribution >= 0.6 is 0 Å². The van der Waals surface area contributed by atoms with Crippen molar-refractivity contribution in [1.82, 2.24) is 0 Å². The molecule has 7 nitrogen and oxygen atoms in total. The van der Waals surface area contributed by atoms with E-state index in [1.54, 1.807) is 12.1 Å². The summed E-state index contributed by atoms with van der Waals surface area (Å²) in [6.45, 7) is 0.145. The molecule has 2 N–H and O–H groups in total. The number of ether oxygens (including phenoxy) is 2. The van der Waals surface area contributed by atoms with Crippen LogP contribution < -0.4 is 20.1 Å². The summed E-state index contributed by atoms with van der Waals surface area (Å²) in [5, 5.41) is 14.5. The van der Waals surface area contributed by atoms with E-state index < -0.39 is 0 Å². The van der Waals surface area contributed by atoms with E-state index in [9.17, 15) is 9.59 Å². The Morgan fingerprint density at radius 1 is 1.00 bits per heavy atom. The van der Waals surface area contributed by atoms with Crippen LogP contribution in [0.2, 0.25) is 0 Å². The topological polar surface area (TPSA) is 100 Å². The predicted octanol–water partition coefficient (Wildman–Crippen LogP) is 4.23. The van der Waals surface area contributed by atoms with Gasteiger partial charge in [0.25, 0.3) is 5.91 Å². The standard InChI is InChI=1S/C26H23N3O4/c27-14-13-18-5-8-21(9-6-18)32-16-20-3-1-2-4-23(20)29-26(31)17-33-22-10-11-24-19(15-22)7-12-25(30)28-24/h1-6,8-11,15H,7,12-13,16-17H2,(H,28,30)(H,29,31). The summed E-state index contributed by atoms with van der Waals surface area (Å²) < 4.78 is 11.5. The van der Waals surface area contributed by atoms with Crippen LogP contribution in [0.3, 0.4) is 0 Å². The van der Waals surface area contributed by atoms with Gasteiger partial charge in [-0.25, -0.2) is 0 Å². The molecule has 0 spiro atoms. The summed E-state index contributed by atoms with van der Waals surface area (Å²) in [6.07, 6.45) is 1.46. The van der Waals surface area contributed by atoms with Gasteiger partial charge in [-0.1, -0.05) is 30.3 Å². The number of nitriles is 1. The van der Waals surface area contributed by atoms with Gasteiger partial charge in [0.1, 0.15) is 18.1 Å². The summed E-state index contributed by atoms with van der Waals surface area (Å²) in [5.41, 5.74) is 4.20. The van der Waals surface area contributed by atoms with Crippen LogP contribution in [0.15, 0.2) is 66.7 Å². The Hall–Kier alpha value is -4.31. The number of anilines is 2. The zero-order valence-electron chi connectivity index (χ0n) is 18.0. The van der Waals surface area contributed by atoms with Crippen molar-refractivity contribution in [3.05, 3.63) is 83.4 Å². The minimum atomic E-state index is -0.283. The first kappa shape index (κ1) is 21.9. The fourth-order valence-corrected chi connectivity index (χ4v) is 3.51. The van der Waals surface area contributed by atoms with E-state index in [1.165, 1.54) is 0 Å². The third-order valence-electron chi connectivity index (χ3n) is 5.23. The lowest BCUT2D eigenvalue weighted by atomic mass is 10.0. The highest BCUT2D eigenvalue weighted by Crippen LogP contribution is 2.27. The van der Waals surface area contributed by atoms with Gasteiger partial charge in [-0.15, -0.1) is 0 Å². The second kappa shape index (κ2) is 10.3. The Morgan fingerprint density at radius 3 is 2.61 bits per heavy atom. The number of carbonyl (C=O) groups excluding carboxylic acids is 2. The number of benzene rings is 3. The number of carbonyl (C=O) groups is 2. The number of nitrogens with one attached hydrogen (secondary N) is 2. The van der Waals surface area contributed by atoms with Crippen molar-refractivity contribution in [2.24, 2.45) is 0 Å². The van der Waals surface area contributed by atoms with Gasteiger partial charge >= 0.3 is 0 Å².